The first-order valence-corrected chi connectivity index (χ1v) is 7.81. The molecule has 0 aromatic carbocycles. The van der Waals surface area contributed by atoms with Crippen LogP contribution in [0, 0.1) is 12.8 Å². The molecule has 6 heteroatoms. The third-order valence-corrected chi connectivity index (χ3v) is 4.60. The molecule has 1 aliphatic rings. The van der Waals surface area contributed by atoms with E-state index in [2.05, 4.69) is 22.5 Å². The van der Waals surface area contributed by atoms with Crippen molar-refractivity contribution >= 4 is 5.91 Å². The van der Waals surface area contributed by atoms with Crippen LogP contribution in [0.2, 0.25) is 0 Å². The van der Waals surface area contributed by atoms with Gasteiger partial charge in [-0.3, -0.25) is 9.48 Å². The molecule has 2 aromatic rings. The Hall–Kier alpha value is -2.11. The highest BCUT2D eigenvalue weighted by atomic mass is 16.5. The molecule has 0 atom stereocenters. The average molecular weight is 302 g/mol. The Balaban J connectivity index is 1.68. The van der Waals surface area contributed by atoms with E-state index in [0.29, 0.717) is 5.69 Å². The molecule has 0 radical (unpaired) electrons. The Bertz CT molecular complexity index is 665. The van der Waals surface area contributed by atoms with Gasteiger partial charge in [-0.2, -0.15) is 5.10 Å². The minimum Gasteiger partial charge on any atom is -0.350 e. The molecule has 2 aromatic heterocycles. The van der Waals surface area contributed by atoms with Crippen LogP contribution >= 0.6 is 0 Å². The number of hydrogen-bond donors (Lipinski definition) is 1. The molecule has 118 valence electrons. The van der Waals surface area contributed by atoms with Gasteiger partial charge in [-0.25, -0.2) is 0 Å². The van der Waals surface area contributed by atoms with E-state index in [1.54, 1.807) is 16.9 Å². The van der Waals surface area contributed by atoms with Gasteiger partial charge in [0.2, 0.25) is 5.76 Å². The first kappa shape index (κ1) is 14.8. The number of aryl methyl sites for hydroxylation is 1. The van der Waals surface area contributed by atoms with Crippen molar-refractivity contribution < 1.29 is 9.32 Å². The number of nitrogens with zero attached hydrogens (tertiary/aromatic N) is 3. The number of carbonyl (C=O) groups excluding carboxylic acids is 1. The fraction of sp³-hybridized carbons (Fsp3) is 0.562. The minimum absolute atomic E-state index is 0.181. The standard InChI is InChI=1S/C16H22N4O2/c1-10-4-6-12(7-5-10)18-16(21)15-8-14(19-22-15)13-9-17-20(3)11(13)2/h8-10,12H,4-7H2,1-3H3,(H,18,21). The second kappa shape index (κ2) is 5.94. The summed E-state index contributed by atoms with van der Waals surface area (Å²) in [6.45, 7) is 4.22. The fourth-order valence-electron chi connectivity index (χ4n) is 2.92. The molecule has 1 amide bonds. The highest BCUT2D eigenvalue weighted by Crippen LogP contribution is 2.25. The van der Waals surface area contributed by atoms with Gasteiger partial charge in [0.1, 0.15) is 5.69 Å². The van der Waals surface area contributed by atoms with Crippen LogP contribution in [0.5, 0.6) is 0 Å². The number of aromatic nitrogens is 3. The van der Waals surface area contributed by atoms with Crippen LogP contribution in [0.1, 0.15) is 48.9 Å². The monoisotopic (exact) mass is 302 g/mol. The van der Waals surface area contributed by atoms with E-state index in [-0.39, 0.29) is 17.7 Å². The van der Waals surface area contributed by atoms with Crippen molar-refractivity contribution in [1.29, 1.82) is 0 Å². The van der Waals surface area contributed by atoms with E-state index in [0.717, 1.165) is 30.0 Å². The molecule has 1 N–H and O–H groups in total. The molecular weight excluding hydrogens is 280 g/mol. The van der Waals surface area contributed by atoms with Crippen molar-refractivity contribution in [1.82, 2.24) is 20.3 Å². The lowest BCUT2D eigenvalue weighted by Gasteiger charge is -2.26. The largest absolute Gasteiger partial charge is 0.350 e. The van der Waals surface area contributed by atoms with Gasteiger partial charge in [0, 0.05) is 30.4 Å². The Labute approximate surface area is 129 Å². The predicted molar refractivity (Wildman–Crippen MR) is 82.3 cm³/mol. The molecule has 22 heavy (non-hydrogen) atoms. The van der Waals surface area contributed by atoms with Crippen LogP contribution in [0.4, 0.5) is 0 Å². The summed E-state index contributed by atoms with van der Waals surface area (Å²) in [6.07, 6.45) is 6.14. The van der Waals surface area contributed by atoms with Crippen molar-refractivity contribution in [3.63, 3.8) is 0 Å². The van der Waals surface area contributed by atoms with Crippen molar-refractivity contribution in [2.45, 2.75) is 45.6 Å². The first-order valence-electron chi connectivity index (χ1n) is 7.81. The van der Waals surface area contributed by atoms with Crippen LogP contribution < -0.4 is 5.32 Å². The zero-order chi connectivity index (χ0) is 15.7. The lowest BCUT2D eigenvalue weighted by atomic mass is 9.87. The van der Waals surface area contributed by atoms with E-state index in [1.807, 2.05) is 14.0 Å². The van der Waals surface area contributed by atoms with Crippen LogP contribution in [0.15, 0.2) is 16.8 Å². The molecule has 1 aliphatic carbocycles. The maximum atomic E-state index is 12.3. The normalized spacial score (nSPS) is 21.8. The van der Waals surface area contributed by atoms with Gasteiger partial charge in [-0.05, 0) is 38.5 Å². The molecule has 3 rings (SSSR count). The van der Waals surface area contributed by atoms with Crippen molar-refractivity contribution in [2.24, 2.45) is 13.0 Å². The van der Waals surface area contributed by atoms with Crippen molar-refractivity contribution in [3.8, 4) is 11.3 Å². The Kier molecular flexibility index (Phi) is 4.00. The first-order chi connectivity index (χ1) is 10.5. The molecule has 2 heterocycles. The van der Waals surface area contributed by atoms with Gasteiger partial charge in [0.15, 0.2) is 0 Å². The van der Waals surface area contributed by atoms with E-state index in [4.69, 9.17) is 4.52 Å². The Morgan fingerprint density at radius 2 is 2.09 bits per heavy atom. The molecule has 0 spiro atoms. The summed E-state index contributed by atoms with van der Waals surface area (Å²) in [6, 6.07) is 1.93. The summed E-state index contributed by atoms with van der Waals surface area (Å²) >= 11 is 0. The van der Waals surface area contributed by atoms with Gasteiger partial charge in [0.05, 0.1) is 6.20 Å². The van der Waals surface area contributed by atoms with Crippen LogP contribution in [0.3, 0.4) is 0 Å². The smallest absolute Gasteiger partial charge is 0.290 e. The third-order valence-electron chi connectivity index (χ3n) is 4.60. The van der Waals surface area contributed by atoms with Gasteiger partial charge in [-0.15, -0.1) is 0 Å². The quantitative estimate of drug-likeness (QED) is 0.946. The number of rotatable bonds is 3. The van der Waals surface area contributed by atoms with Gasteiger partial charge in [-0.1, -0.05) is 12.1 Å². The molecule has 6 nitrogen and oxygen atoms in total. The lowest BCUT2D eigenvalue weighted by Crippen LogP contribution is -2.37. The zero-order valence-electron chi connectivity index (χ0n) is 13.3. The molecule has 0 saturated heterocycles. The van der Waals surface area contributed by atoms with Crippen LogP contribution in [0.25, 0.3) is 11.3 Å². The second-order valence-corrected chi connectivity index (χ2v) is 6.27. The number of nitrogens with one attached hydrogen (secondary N) is 1. The topological polar surface area (TPSA) is 73.0 Å². The highest BCUT2D eigenvalue weighted by molar-refractivity contribution is 5.92. The number of hydrogen-bond acceptors (Lipinski definition) is 4. The molecular formula is C16H22N4O2. The van der Waals surface area contributed by atoms with Crippen molar-refractivity contribution in [2.75, 3.05) is 0 Å². The van der Waals surface area contributed by atoms with Crippen molar-refractivity contribution in [3.05, 3.63) is 23.7 Å². The summed E-state index contributed by atoms with van der Waals surface area (Å²) in [4.78, 5) is 12.3. The number of carbonyl (C=O) groups is 1. The summed E-state index contributed by atoms with van der Waals surface area (Å²) in [7, 11) is 1.87. The van der Waals surface area contributed by atoms with Gasteiger partial charge >= 0.3 is 0 Å². The third kappa shape index (κ3) is 2.91. The van der Waals surface area contributed by atoms with Gasteiger partial charge < -0.3 is 9.84 Å². The average Bonchev–Trinajstić information content (AvgIpc) is 3.10. The molecule has 0 bridgehead atoms. The fourth-order valence-corrected chi connectivity index (χ4v) is 2.92. The molecule has 1 fully saturated rings. The number of amides is 1. The van der Waals surface area contributed by atoms with Crippen LogP contribution in [-0.2, 0) is 7.05 Å². The highest BCUT2D eigenvalue weighted by Gasteiger charge is 2.23. The summed E-state index contributed by atoms with van der Waals surface area (Å²) in [5.74, 6) is 0.843. The minimum atomic E-state index is -0.181. The second-order valence-electron chi connectivity index (χ2n) is 6.27. The van der Waals surface area contributed by atoms with E-state index in [9.17, 15) is 4.79 Å². The summed E-state index contributed by atoms with van der Waals surface area (Å²) in [5.41, 5.74) is 2.52. The van der Waals surface area contributed by atoms with E-state index < -0.39 is 0 Å². The Morgan fingerprint density at radius 1 is 1.36 bits per heavy atom. The maximum Gasteiger partial charge on any atom is 0.290 e. The SMILES string of the molecule is Cc1c(-c2cc(C(=O)NC3CCC(C)CC3)on2)cnn1C. The zero-order valence-corrected chi connectivity index (χ0v) is 13.3. The molecule has 1 saturated carbocycles. The lowest BCUT2D eigenvalue weighted by molar-refractivity contribution is 0.0885. The van der Waals surface area contributed by atoms with E-state index >= 15 is 0 Å². The van der Waals surface area contributed by atoms with Crippen LogP contribution in [-0.4, -0.2) is 26.9 Å². The van der Waals surface area contributed by atoms with Gasteiger partial charge in [0.25, 0.3) is 5.91 Å². The summed E-state index contributed by atoms with van der Waals surface area (Å²) in [5, 5.41) is 11.2. The summed E-state index contributed by atoms with van der Waals surface area (Å²) < 4.78 is 6.98. The molecule has 0 aliphatic heterocycles. The predicted octanol–water partition coefficient (Wildman–Crippen LogP) is 2.69. The maximum absolute atomic E-state index is 12.3. The molecule has 0 unspecified atom stereocenters. The van der Waals surface area contributed by atoms with E-state index in [1.165, 1.54) is 12.8 Å². The Morgan fingerprint density at radius 3 is 2.73 bits per heavy atom.